The van der Waals surface area contributed by atoms with Crippen LogP contribution in [0.5, 0.6) is 0 Å². The van der Waals surface area contributed by atoms with Crippen LogP contribution in [0.3, 0.4) is 0 Å². The number of piperidine rings is 1. The Morgan fingerprint density at radius 1 is 1.23 bits per heavy atom. The second-order valence-corrected chi connectivity index (χ2v) is 7.25. The van der Waals surface area contributed by atoms with Crippen molar-refractivity contribution in [2.75, 3.05) is 18.4 Å². The number of H-pyrrole nitrogens is 1. The van der Waals surface area contributed by atoms with Crippen LogP contribution >= 0.6 is 12.2 Å². The van der Waals surface area contributed by atoms with Crippen molar-refractivity contribution in [3.63, 3.8) is 0 Å². The number of hydrogen-bond donors (Lipinski definition) is 2. The van der Waals surface area contributed by atoms with Crippen LogP contribution in [0.1, 0.15) is 37.1 Å². The van der Waals surface area contributed by atoms with E-state index >= 15 is 0 Å². The third kappa shape index (κ3) is 3.44. The van der Waals surface area contributed by atoms with Crippen molar-refractivity contribution in [1.29, 1.82) is 0 Å². The second kappa shape index (κ2) is 7.46. The Morgan fingerprint density at radius 3 is 2.88 bits per heavy atom. The van der Waals surface area contributed by atoms with Crippen molar-refractivity contribution in [1.82, 2.24) is 14.9 Å². The van der Waals surface area contributed by atoms with Gasteiger partial charge in [0.2, 0.25) is 0 Å². The van der Waals surface area contributed by atoms with E-state index in [1.807, 2.05) is 12.1 Å². The number of fused-ring (bicyclic) bond motifs is 1. The van der Waals surface area contributed by atoms with Crippen LogP contribution in [0, 0.1) is 0 Å². The van der Waals surface area contributed by atoms with Crippen LogP contribution < -0.4 is 5.32 Å². The van der Waals surface area contributed by atoms with Crippen LogP contribution in [-0.4, -0.2) is 33.1 Å². The molecule has 134 valence electrons. The van der Waals surface area contributed by atoms with Crippen LogP contribution in [0.2, 0.25) is 0 Å². The number of aryl methyl sites for hydroxylation is 1. The molecule has 0 radical (unpaired) electrons. The van der Waals surface area contributed by atoms with E-state index in [-0.39, 0.29) is 0 Å². The Kier molecular flexibility index (Phi) is 4.89. The van der Waals surface area contributed by atoms with E-state index in [4.69, 9.17) is 17.2 Å². The van der Waals surface area contributed by atoms with Crippen molar-refractivity contribution < 1.29 is 0 Å². The first-order valence-corrected chi connectivity index (χ1v) is 9.74. The summed E-state index contributed by atoms with van der Waals surface area (Å²) in [5.74, 6) is 1.46. The molecule has 0 spiro atoms. The van der Waals surface area contributed by atoms with E-state index in [2.05, 4.69) is 58.5 Å². The number of anilines is 1. The van der Waals surface area contributed by atoms with Gasteiger partial charge in [-0.05, 0) is 55.2 Å². The van der Waals surface area contributed by atoms with Gasteiger partial charge in [-0.25, -0.2) is 4.98 Å². The standard InChI is InChI=1S/C21H24N4S/c1-2-15-8-3-4-10-17(15)24-21(26)25-13-7-9-16(14-25)20-22-18-11-5-6-12-19(18)23-20/h3-6,8,10-12,16H,2,7,9,13-14H2,1H3,(H,22,23)(H,24,26)/t16-/m0/s1. The van der Waals surface area contributed by atoms with Crippen LogP contribution in [0.15, 0.2) is 48.5 Å². The van der Waals surface area contributed by atoms with E-state index in [1.54, 1.807) is 0 Å². The number of thiocarbonyl (C=S) groups is 1. The van der Waals surface area contributed by atoms with E-state index in [0.29, 0.717) is 5.92 Å². The number of benzene rings is 2. The van der Waals surface area contributed by atoms with Crippen molar-refractivity contribution in [3.8, 4) is 0 Å². The molecule has 1 fully saturated rings. The summed E-state index contributed by atoms with van der Waals surface area (Å²) in [4.78, 5) is 10.6. The minimum atomic E-state index is 0.386. The van der Waals surface area contributed by atoms with Gasteiger partial charge >= 0.3 is 0 Å². The van der Waals surface area contributed by atoms with E-state index in [1.165, 1.54) is 5.56 Å². The lowest BCUT2D eigenvalue weighted by atomic mass is 9.98. The number of nitrogens with one attached hydrogen (secondary N) is 2. The average Bonchev–Trinajstić information content (AvgIpc) is 3.13. The molecule has 2 aromatic carbocycles. The first-order valence-electron chi connectivity index (χ1n) is 9.33. The van der Waals surface area contributed by atoms with Gasteiger partial charge in [0, 0.05) is 24.7 Å². The number of para-hydroxylation sites is 3. The van der Waals surface area contributed by atoms with Gasteiger partial charge < -0.3 is 15.2 Å². The molecule has 26 heavy (non-hydrogen) atoms. The molecular weight excluding hydrogens is 340 g/mol. The van der Waals surface area contributed by atoms with Gasteiger partial charge in [-0.2, -0.15) is 0 Å². The first kappa shape index (κ1) is 17.0. The zero-order valence-corrected chi connectivity index (χ0v) is 15.9. The highest BCUT2D eigenvalue weighted by atomic mass is 32.1. The van der Waals surface area contributed by atoms with Gasteiger partial charge in [0.15, 0.2) is 5.11 Å². The van der Waals surface area contributed by atoms with E-state index in [0.717, 1.165) is 60.0 Å². The normalized spacial score (nSPS) is 17.4. The molecule has 5 heteroatoms. The second-order valence-electron chi connectivity index (χ2n) is 6.87. The number of imidazole rings is 1. The zero-order valence-electron chi connectivity index (χ0n) is 15.0. The predicted molar refractivity (Wildman–Crippen MR) is 112 cm³/mol. The van der Waals surface area contributed by atoms with Gasteiger partial charge in [0.25, 0.3) is 0 Å². The third-order valence-corrected chi connectivity index (χ3v) is 5.50. The minimum absolute atomic E-state index is 0.386. The summed E-state index contributed by atoms with van der Waals surface area (Å²) in [6, 6.07) is 16.6. The Balaban J connectivity index is 1.48. The molecular formula is C21H24N4S. The smallest absolute Gasteiger partial charge is 0.173 e. The fourth-order valence-electron chi connectivity index (χ4n) is 3.70. The lowest BCUT2D eigenvalue weighted by molar-refractivity contribution is 0.307. The van der Waals surface area contributed by atoms with Gasteiger partial charge in [0.05, 0.1) is 11.0 Å². The summed E-state index contributed by atoms with van der Waals surface area (Å²) in [6.45, 7) is 4.07. The minimum Gasteiger partial charge on any atom is -0.348 e. The Morgan fingerprint density at radius 2 is 2.04 bits per heavy atom. The number of nitrogens with zero attached hydrogens (tertiary/aromatic N) is 2. The molecule has 0 amide bonds. The lowest BCUT2D eigenvalue weighted by Gasteiger charge is -2.34. The lowest BCUT2D eigenvalue weighted by Crippen LogP contribution is -2.41. The van der Waals surface area contributed by atoms with Crippen molar-refractivity contribution in [2.24, 2.45) is 0 Å². The number of aromatic amines is 1. The quantitative estimate of drug-likeness (QED) is 0.661. The van der Waals surface area contributed by atoms with Gasteiger partial charge in [0.1, 0.15) is 5.82 Å². The maximum Gasteiger partial charge on any atom is 0.173 e. The van der Waals surface area contributed by atoms with Crippen molar-refractivity contribution in [3.05, 3.63) is 59.9 Å². The van der Waals surface area contributed by atoms with Crippen LogP contribution in [-0.2, 0) is 6.42 Å². The fraction of sp³-hybridized carbons (Fsp3) is 0.333. The van der Waals surface area contributed by atoms with E-state index in [9.17, 15) is 0 Å². The molecule has 1 atom stereocenters. The van der Waals surface area contributed by atoms with Crippen molar-refractivity contribution in [2.45, 2.75) is 32.1 Å². The summed E-state index contributed by atoms with van der Waals surface area (Å²) in [6.07, 6.45) is 3.26. The molecule has 1 aliphatic heterocycles. The Hall–Kier alpha value is -2.40. The largest absolute Gasteiger partial charge is 0.348 e. The molecule has 1 aliphatic rings. The summed E-state index contributed by atoms with van der Waals surface area (Å²) >= 11 is 5.71. The number of likely N-dealkylation sites (tertiary alicyclic amines) is 1. The van der Waals surface area contributed by atoms with Gasteiger partial charge in [-0.1, -0.05) is 37.3 Å². The maximum atomic E-state index is 5.71. The fourth-order valence-corrected chi connectivity index (χ4v) is 3.97. The average molecular weight is 365 g/mol. The molecule has 0 saturated carbocycles. The van der Waals surface area contributed by atoms with Crippen LogP contribution in [0.25, 0.3) is 11.0 Å². The molecule has 1 aromatic heterocycles. The number of rotatable bonds is 3. The molecule has 0 aliphatic carbocycles. The topological polar surface area (TPSA) is 44.0 Å². The molecule has 2 N–H and O–H groups in total. The summed E-state index contributed by atoms with van der Waals surface area (Å²) in [5, 5.41) is 4.27. The number of aromatic nitrogens is 2. The molecule has 0 bridgehead atoms. The highest BCUT2D eigenvalue weighted by molar-refractivity contribution is 7.80. The Bertz CT molecular complexity index is 884. The zero-order chi connectivity index (χ0) is 17.9. The van der Waals surface area contributed by atoms with Crippen LogP contribution in [0.4, 0.5) is 5.69 Å². The summed E-state index contributed by atoms with van der Waals surface area (Å²) < 4.78 is 0. The molecule has 4 rings (SSSR count). The summed E-state index contributed by atoms with van der Waals surface area (Å²) in [5.41, 5.74) is 4.56. The highest BCUT2D eigenvalue weighted by Crippen LogP contribution is 2.27. The maximum absolute atomic E-state index is 5.71. The predicted octanol–water partition coefficient (Wildman–Crippen LogP) is 4.70. The van der Waals surface area contributed by atoms with E-state index < -0.39 is 0 Å². The highest BCUT2D eigenvalue weighted by Gasteiger charge is 2.25. The molecule has 3 aromatic rings. The van der Waals surface area contributed by atoms with Gasteiger partial charge in [-0.3, -0.25) is 0 Å². The molecule has 4 nitrogen and oxygen atoms in total. The number of hydrogen-bond acceptors (Lipinski definition) is 2. The molecule has 2 heterocycles. The Labute approximate surface area is 159 Å². The molecule has 0 unspecified atom stereocenters. The van der Waals surface area contributed by atoms with Crippen molar-refractivity contribution >= 4 is 34.1 Å². The third-order valence-electron chi connectivity index (χ3n) is 5.14. The van der Waals surface area contributed by atoms with Gasteiger partial charge in [-0.15, -0.1) is 0 Å². The molecule has 1 saturated heterocycles. The first-order chi connectivity index (χ1) is 12.7. The monoisotopic (exact) mass is 364 g/mol. The SMILES string of the molecule is CCc1ccccc1NC(=S)N1CCC[C@H](c2nc3ccccc3[nH]2)C1. The summed E-state index contributed by atoms with van der Waals surface area (Å²) in [7, 11) is 0.